The second-order valence-electron chi connectivity index (χ2n) is 6.84. The molecular formula is C21H30N4O2S. The second kappa shape index (κ2) is 10.5. The van der Waals surface area contributed by atoms with Gasteiger partial charge in [0.15, 0.2) is 5.96 Å². The molecule has 2 heterocycles. The topological polar surface area (TPSA) is 58.1 Å². The fraction of sp³-hybridized carbons (Fsp3) is 0.476. The van der Waals surface area contributed by atoms with Gasteiger partial charge in [0.1, 0.15) is 5.75 Å². The van der Waals surface area contributed by atoms with Crippen LogP contribution in [0.5, 0.6) is 5.75 Å². The number of aryl methyl sites for hydroxylation is 1. The van der Waals surface area contributed by atoms with Crippen molar-refractivity contribution < 1.29 is 9.47 Å². The Balaban J connectivity index is 1.59. The molecule has 1 unspecified atom stereocenters. The minimum absolute atomic E-state index is 0.321. The molecule has 1 atom stereocenters. The van der Waals surface area contributed by atoms with Crippen LogP contribution in [0.25, 0.3) is 0 Å². The van der Waals surface area contributed by atoms with Gasteiger partial charge < -0.3 is 20.1 Å². The summed E-state index contributed by atoms with van der Waals surface area (Å²) in [4.78, 5) is 8.25. The number of guanidine groups is 1. The first-order valence-electron chi connectivity index (χ1n) is 9.64. The van der Waals surface area contributed by atoms with Crippen molar-refractivity contribution in [2.24, 2.45) is 4.99 Å². The van der Waals surface area contributed by atoms with Crippen LogP contribution >= 0.6 is 11.3 Å². The first-order chi connectivity index (χ1) is 13.7. The number of aliphatic imine (C=N–C) groups is 1. The predicted octanol–water partition coefficient (Wildman–Crippen LogP) is 2.80. The highest BCUT2D eigenvalue weighted by Gasteiger charge is 2.23. The van der Waals surface area contributed by atoms with E-state index in [1.54, 1.807) is 25.5 Å². The van der Waals surface area contributed by atoms with Crippen molar-refractivity contribution in [3.8, 4) is 5.75 Å². The fourth-order valence-electron chi connectivity index (χ4n) is 3.42. The summed E-state index contributed by atoms with van der Waals surface area (Å²) in [6.45, 7) is 7.08. The van der Waals surface area contributed by atoms with Crippen LogP contribution in [-0.2, 0) is 11.3 Å². The largest absolute Gasteiger partial charge is 0.497 e. The SMILES string of the molecule is CN=C(NCc1cc(C)cc(OC)c1)NCC(c1cccs1)N1CCOCC1. The van der Waals surface area contributed by atoms with Gasteiger partial charge in [-0.05, 0) is 41.6 Å². The lowest BCUT2D eigenvalue weighted by Crippen LogP contribution is -2.46. The number of thiophene rings is 1. The third-order valence-corrected chi connectivity index (χ3v) is 5.82. The molecule has 2 N–H and O–H groups in total. The van der Waals surface area contributed by atoms with E-state index < -0.39 is 0 Å². The van der Waals surface area contributed by atoms with Crippen LogP contribution in [0, 0.1) is 6.92 Å². The number of methoxy groups -OCH3 is 1. The van der Waals surface area contributed by atoms with Crippen LogP contribution < -0.4 is 15.4 Å². The third kappa shape index (κ3) is 5.70. The summed E-state index contributed by atoms with van der Waals surface area (Å²) in [6.07, 6.45) is 0. The summed E-state index contributed by atoms with van der Waals surface area (Å²) >= 11 is 1.80. The molecule has 1 saturated heterocycles. The smallest absolute Gasteiger partial charge is 0.191 e. The van der Waals surface area contributed by atoms with E-state index in [9.17, 15) is 0 Å². The number of ether oxygens (including phenoxy) is 2. The highest BCUT2D eigenvalue weighted by Crippen LogP contribution is 2.25. The molecule has 0 aliphatic carbocycles. The molecule has 1 aromatic carbocycles. The van der Waals surface area contributed by atoms with E-state index in [-0.39, 0.29) is 0 Å². The first-order valence-corrected chi connectivity index (χ1v) is 10.5. The van der Waals surface area contributed by atoms with E-state index in [0.29, 0.717) is 12.6 Å². The van der Waals surface area contributed by atoms with Crippen LogP contribution in [0.4, 0.5) is 0 Å². The lowest BCUT2D eigenvalue weighted by Gasteiger charge is -2.34. The van der Waals surface area contributed by atoms with Crippen molar-refractivity contribution in [1.82, 2.24) is 15.5 Å². The van der Waals surface area contributed by atoms with Crippen LogP contribution in [0.3, 0.4) is 0 Å². The first kappa shape index (κ1) is 20.6. The molecule has 0 radical (unpaired) electrons. The Hall–Kier alpha value is -2.09. The highest BCUT2D eigenvalue weighted by molar-refractivity contribution is 7.10. The summed E-state index contributed by atoms with van der Waals surface area (Å²) < 4.78 is 10.9. The summed E-state index contributed by atoms with van der Waals surface area (Å²) in [5, 5.41) is 9.05. The zero-order valence-corrected chi connectivity index (χ0v) is 17.7. The van der Waals surface area contributed by atoms with Gasteiger partial charge in [-0.25, -0.2) is 0 Å². The molecule has 1 aliphatic rings. The zero-order chi connectivity index (χ0) is 19.8. The van der Waals surface area contributed by atoms with Gasteiger partial charge in [0, 0.05) is 38.1 Å². The molecule has 0 saturated carbocycles. The van der Waals surface area contributed by atoms with E-state index in [4.69, 9.17) is 9.47 Å². The zero-order valence-electron chi connectivity index (χ0n) is 16.9. The van der Waals surface area contributed by atoms with Crippen molar-refractivity contribution in [2.45, 2.75) is 19.5 Å². The Morgan fingerprint density at radius 3 is 2.79 bits per heavy atom. The molecule has 0 spiro atoms. The predicted molar refractivity (Wildman–Crippen MR) is 115 cm³/mol. The van der Waals surface area contributed by atoms with Crippen molar-refractivity contribution in [3.05, 3.63) is 51.7 Å². The Kier molecular flexibility index (Phi) is 7.71. The minimum atomic E-state index is 0.321. The summed E-state index contributed by atoms with van der Waals surface area (Å²) in [5.74, 6) is 1.68. The van der Waals surface area contributed by atoms with Crippen LogP contribution in [-0.4, -0.2) is 57.9 Å². The lowest BCUT2D eigenvalue weighted by atomic mass is 10.1. The lowest BCUT2D eigenvalue weighted by molar-refractivity contribution is 0.0177. The van der Waals surface area contributed by atoms with Gasteiger partial charge in [0.2, 0.25) is 0 Å². The number of hydrogen-bond donors (Lipinski definition) is 2. The van der Waals surface area contributed by atoms with E-state index >= 15 is 0 Å². The van der Waals surface area contributed by atoms with Gasteiger partial charge in [-0.3, -0.25) is 9.89 Å². The van der Waals surface area contributed by atoms with Gasteiger partial charge in [-0.15, -0.1) is 11.3 Å². The molecule has 1 aromatic heterocycles. The van der Waals surface area contributed by atoms with Gasteiger partial charge in [-0.1, -0.05) is 12.1 Å². The van der Waals surface area contributed by atoms with E-state index in [1.165, 1.54) is 16.0 Å². The van der Waals surface area contributed by atoms with Gasteiger partial charge in [0.25, 0.3) is 0 Å². The molecule has 3 rings (SSSR count). The number of nitrogens with one attached hydrogen (secondary N) is 2. The Morgan fingerprint density at radius 1 is 1.29 bits per heavy atom. The van der Waals surface area contributed by atoms with E-state index in [0.717, 1.165) is 44.6 Å². The molecule has 152 valence electrons. The number of benzene rings is 1. The highest BCUT2D eigenvalue weighted by atomic mass is 32.1. The quantitative estimate of drug-likeness (QED) is 0.551. The van der Waals surface area contributed by atoms with Crippen molar-refractivity contribution >= 4 is 17.3 Å². The van der Waals surface area contributed by atoms with Gasteiger partial charge >= 0.3 is 0 Å². The molecule has 1 aliphatic heterocycles. The molecule has 2 aromatic rings. The van der Waals surface area contributed by atoms with E-state index in [1.807, 2.05) is 6.07 Å². The number of morpholine rings is 1. The Morgan fingerprint density at radius 2 is 2.11 bits per heavy atom. The molecule has 7 heteroatoms. The third-order valence-electron chi connectivity index (χ3n) is 4.85. The summed E-state index contributed by atoms with van der Waals surface area (Å²) in [6, 6.07) is 10.9. The molecular weight excluding hydrogens is 372 g/mol. The molecule has 1 fully saturated rings. The molecule has 28 heavy (non-hydrogen) atoms. The van der Waals surface area contributed by atoms with Crippen molar-refractivity contribution in [3.63, 3.8) is 0 Å². The maximum atomic E-state index is 5.53. The summed E-state index contributed by atoms with van der Waals surface area (Å²) in [7, 11) is 3.50. The van der Waals surface area contributed by atoms with Crippen molar-refractivity contribution in [2.75, 3.05) is 47.0 Å². The fourth-order valence-corrected chi connectivity index (χ4v) is 4.28. The minimum Gasteiger partial charge on any atom is -0.497 e. The maximum absolute atomic E-state index is 5.53. The Labute approximate surface area is 171 Å². The monoisotopic (exact) mass is 402 g/mol. The van der Waals surface area contributed by atoms with E-state index in [2.05, 4.69) is 57.1 Å². The molecule has 6 nitrogen and oxygen atoms in total. The van der Waals surface area contributed by atoms with Gasteiger partial charge in [-0.2, -0.15) is 0 Å². The normalized spacial score (nSPS) is 16.6. The number of nitrogens with zero attached hydrogens (tertiary/aromatic N) is 2. The average molecular weight is 403 g/mol. The van der Waals surface area contributed by atoms with Crippen LogP contribution in [0.2, 0.25) is 0 Å². The number of hydrogen-bond acceptors (Lipinski definition) is 5. The number of rotatable bonds is 7. The van der Waals surface area contributed by atoms with Crippen LogP contribution in [0.15, 0.2) is 40.7 Å². The molecule has 0 bridgehead atoms. The molecule has 0 amide bonds. The van der Waals surface area contributed by atoms with Crippen molar-refractivity contribution in [1.29, 1.82) is 0 Å². The van der Waals surface area contributed by atoms with Crippen LogP contribution in [0.1, 0.15) is 22.0 Å². The standard InChI is InChI=1S/C21H30N4O2S/c1-16-11-17(13-18(12-16)26-3)14-23-21(22-2)24-15-19(20-5-4-10-28-20)25-6-8-27-9-7-25/h4-5,10-13,19H,6-9,14-15H2,1-3H3,(H2,22,23,24). The second-order valence-corrected chi connectivity index (χ2v) is 7.82. The summed E-state index contributed by atoms with van der Waals surface area (Å²) in [5.41, 5.74) is 2.35. The average Bonchev–Trinajstić information content (AvgIpc) is 3.25. The maximum Gasteiger partial charge on any atom is 0.191 e. The Bertz CT molecular complexity index is 758. The van der Waals surface area contributed by atoms with Gasteiger partial charge in [0.05, 0.1) is 26.4 Å².